The Kier molecular flexibility index (Phi) is 2.80. The Morgan fingerprint density at radius 2 is 1.80 bits per heavy atom. The van der Waals surface area contributed by atoms with Crippen LogP contribution in [0, 0.1) is 0 Å². The molecular weight excluding hydrogens is 188 g/mol. The highest BCUT2D eigenvalue weighted by molar-refractivity contribution is 5.84. The van der Waals surface area contributed by atoms with E-state index < -0.39 is 0 Å². The molecule has 1 aliphatic carbocycles. The molecule has 0 atom stereocenters. The summed E-state index contributed by atoms with van der Waals surface area (Å²) < 4.78 is 2.07. The van der Waals surface area contributed by atoms with Gasteiger partial charge in [-0.05, 0) is 25.0 Å². The average molecular weight is 206 g/mol. The van der Waals surface area contributed by atoms with Gasteiger partial charge in [0.25, 0.3) is 0 Å². The van der Waals surface area contributed by atoms with Crippen molar-refractivity contribution >= 4 is 5.91 Å². The van der Waals surface area contributed by atoms with E-state index in [1.807, 2.05) is 24.5 Å². The van der Waals surface area contributed by atoms with E-state index in [-0.39, 0.29) is 11.4 Å². The van der Waals surface area contributed by atoms with Crippen LogP contribution in [-0.4, -0.2) is 17.5 Å². The molecule has 1 fully saturated rings. The molecule has 0 radical (unpaired) electrons. The Labute approximate surface area is 90.5 Å². The molecule has 0 bridgehead atoms. The molecular formula is C12H18N2O. The largest absolute Gasteiger partial charge is 0.357 e. The molecule has 0 unspecified atom stereocenters. The summed E-state index contributed by atoms with van der Waals surface area (Å²) in [5, 5.41) is 2.80. The minimum atomic E-state index is -0.323. The molecule has 3 nitrogen and oxygen atoms in total. The third kappa shape index (κ3) is 1.66. The maximum Gasteiger partial charge on any atom is 0.245 e. The van der Waals surface area contributed by atoms with Crippen LogP contribution in [-0.2, 0) is 10.3 Å². The van der Waals surface area contributed by atoms with Gasteiger partial charge in [0.05, 0.1) is 0 Å². The SMILES string of the molecule is CNC(=O)C1(n2cccc2)CCCCC1. The molecule has 1 aliphatic rings. The Morgan fingerprint density at radius 3 is 2.33 bits per heavy atom. The zero-order valence-corrected chi connectivity index (χ0v) is 9.20. The molecule has 3 heteroatoms. The molecule has 1 N–H and O–H groups in total. The van der Waals surface area contributed by atoms with E-state index in [1.165, 1.54) is 6.42 Å². The molecule has 0 saturated heterocycles. The minimum Gasteiger partial charge on any atom is -0.357 e. The summed E-state index contributed by atoms with van der Waals surface area (Å²) in [4.78, 5) is 12.1. The van der Waals surface area contributed by atoms with Gasteiger partial charge in [-0.15, -0.1) is 0 Å². The van der Waals surface area contributed by atoms with Crippen LogP contribution in [0.25, 0.3) is 0 Å². The van der Waals surface area contributed by atoms with E-state index in [1.54, 1.807) is 7.05 Å². The van der Waals surface area contributed by atoms with Crippen molar-refractivity contribution in [3.8, 4) is 0 Å². The number of amides is 1. The van der Waals surface area contributed by atoms with Crippen molar-refractivity contribution in [2.75, 3.05) is 7.05 Å². The number of likely N-dealkylation sites (N-methyl/N-ethyl adjacent to an activating group) is 1. The second-order valence-electron chi connectivity index (χ2n) is 4.26. The number of carbonyl (C=O) groups excluding carboxylic acids is 1. The highest BCUT2D eigenvalue weighted by Crippen LogP contribution is 2.35. The van der Waals surface area contributed by atoms with Crippen molar-refractivity contribution in [2.24, 2.45) is 0 Å². The number of carbonyl (C=O) groups is 1. The van der Waals surface area contributed by atoms with E-state index >= 15 is 0 Å². The van der Waals surface area contributed by atoms with Crippen LogP contribution in [0.2, 0.25) is 0 Å². The quantitative estimate of drug-likeness (QED) is 0.787. The molecule has 82 valence electrons. The van der Waals surface area contributed by atoms with E-state index in [0.29, 0.717) is 0 Å². The number of nitrogens with one attached hydrogen (secondary N) is 1. The normalized spacial score (nSPS) is 19.8. The Hall–Kier alpha value is -1.25. The van der Waals surface area contributed by atoms with Crippen LogP contribution in [0.1, 0.15) is 32.1 Å². The summed E-state index contributed by atoms with van der Waals surface area (Å²) in [6.45, 7) is 0. The molecule has 1 amide bonds. The lowest BCUT2D eigenvalue weighted by atomic mass is 9.80. The summed E-state index contributed by atoms with van der Waals surface area (Å²) in [6.07, 6.45) is 9.46. The predicted octanol–water partition coefficient (Wildman–Crippen LogP) is 1.89. The van der Waals surface area contributed by atoms with Crippen molar-refractivity contribution in [3.63, 3.8) is 0 Å². The third-order valence-electron chi connectivity index (χ3n) is 3.43. The van der Waals surface area contributed by atoms with Gasteiger partial charge in [0.2, 0.25) is 5.91 Å². The molecule has 1 aromatic rings. The molecule has 15 heavy (non-hydrogen) atoms. The summed E-state index contributed by atoms with van der Waals surface area (Å²) in [5.41, 5.74) is -0.323. The van der Waals surface area contributed by atoms with E-state index in [2.05, 4.69) is 9.88 Å². The van der Waals surface area contributed by atoms with Crippen molar-refractivity contribution in [2.45, 2.75) is 37.6 Å². The van der Waals surface area contributed by atoms with Crippen LogP contribution >= 0.6 is 0 Å². The highest BCUT2D eigenvalue weighted by atomic mass is 16.2. The van der Waals surface area contributed by atoms with Crippen molar-refractivity contribution in [1.29, 1.82) is 0 Å². The summed E-state index contributed by atoms with van der Waals surface area (Å²) in [5.74, 6) is 0.151. The molecule has 1 saturated carbocycles. The monoisotopic (exact) mass is 206 g/mol. The maximum absolute atomic E-state index is 12.1. The van der Waals surface area contributed by atoms with Crippen LogP contribution in [0.5, 0.6) is 0 Å². The Balaban J connectivity index is 2.34. The second-order valence-corrected chi connectivity index (χ2v) is 4.26. The van der Waals surface area contributed by atoms with Crippen molar-refractivity contribution in [1.82, 2.24) is 9.88 Å². The first-order valence-corrected chi connectivity index (χ1v) is 5.65. The fourth-order valence-corrected chi connectivity index (χ4v) is 2.59. The fraction of sp³-hybridized carbons (Fsp3) is 0.583. The number of aromatic nitrogens is 1. The van der Waals surface area contributed by atoms with E-state index in [9.17, 15) is 4.79 Å². The van der Waals surface area contributed by atoms with Gasteiger partial charge in [-0.2, -0.15) is 0 Å². The predicted molar refractivity (Wildman–Crippen MR) is 59.6 cm³/mol. The van der Waals surface area contributed by atoms with Crippen LogP contribution in [0.4, 0.5) is 0 Å². The number of nitrogens with zero attached hydrogens (tertiary/aromatic N) is 1. The first-order chi connectivity index (χ1) is 7.29. The van der Waals surface area contributed by atoms with E-state index in [0.717, 1.165) is 25.7 Å². The molecule has 0 spiro atoms. The summed E-state index contributed by atoms with van der Waals surface area (Å²) >= 11 is 0. The summed E-state index contributed by atoms with van der Waals surface area (Å²) in [6, 6.07) is 3.97. The third-order valence-corrected chi connectivity index (χ3v) is 3.43. The van der Waals surface area contributed by atoms with Gasteiger partial charge in [0.15, 0.2) is 0 Å². The van der Waals surface area contributed by atoms with Gasteiger partial charge in [-0.3, -0.25) is 4.79 Å². The van der Waals surface area contributed by atoms with Gasteiger partial charge in [-0.25, -0.2) is 0 Å². The van der Waals surface area contributed by atoms with Crippen molar-refractivity contribution in [3.05, 3.63) is 24.5 Å². The number of hydrogen-bond donors (Lipinski definition) is 1. The second kappa shape index (κ2) is 4.09. The standard InChI is InChI=1S/C12H18N2O/c1-13-11(15)12(7-3-2-4-8-12)14-9-5-6-10-14/h5-6,9-10H,2-4,7-8H2,1H3,(H,13,15). The minimum absolute atomic E-state index is 0.151. The molecule has 0 aromatic carbocycles. The Morgan fingerprint density at radius 1 is 1.20 bits per heavy atom. The zero-order chi connectivity index (χ0) is 10.7. The van der Waals surface area contributed by atoms with Crippen LogP contribution < -0.4 is 5.32 Å². The Bertz CT molecular complexity index is 323. The number of hydrogen-bond acceptors (Lipinski definition) is 1. The van der Waals surface area contributed by atoms with Crippen molar-refractivity contribution < 1.29 is 4.79 Å². The molecule has 0 aliphatic heterocycles. The fourth-order valence-electron chi connectivity index (χ4n) is 2.59. The first kappa shape index (κ1) is 10.3. The smallest absolute Gasteiger partial charge is 0.245 e. The van der Waals surface area contributed by atoms with Gasteiger partial charge in [0, 0.05) is 19.4 Å². The van der Waals surface area contributed by atoms with E-state index in [4.69, 9.17) is 0 Å². The number of rotatable bonds is 2. The highest BCUT2D eigenvalue weighted by Gasteiger charge is 2.39. The van der Waals surface area contributed by atoms with Gasteiger partial charge in [0.1, 0.15) is 5.54 Å². The topological polar surface area (TPSA) is 34.0 Å². The van der Waals surface area contributed by atoms with Gasteiger partial charge >= 0.3 is 0 Å². The molecule has 2 rings (SSSR count). The first-order valence-electron chi connectivity index (χ1n) is 5.65. The average Bonchev–Trinajstić information content (AvgIpc) is 2.83. The van der Waals surface area contributed by atoms with Crippen LogP contribution in [0.3, 0.4) is 0 Å². The lowest BCUT2D eigenvalue weighted by Gasteiger charge is -2.37. The van der Waals surface area contributed by atoms with Gasteiger partial charge < -0.3 is 9.88 Å². The molecule has 1 heterocycles. The van der Waals surface area contributed by atoms with Gasteiger partial charge in [-0.1, -0.05) is 19.3 Å². The lowest BCUT2D eigenvalue weighted by Crippen LogP contribution is -2.48. The summed E-state index contributed by atoms with van der Waals surface area (Å²) in [7, 11) is 1.72. The molecule has 1 aromatic heterocycles. The zero-order valence-electron chi connectivity index (χ0n) is 9.20. The maximum atomic E-state index is 12.1. The van der Waals surface area contributed by atoms with Crippen LogP contribution in [0.15, 0.2) is 24.5 Å². The lowest BCUT2D eigenvalue weighted by molar-refractivity contribution is -0.131.